The first-order chi connectivity index (χ1) is 8.20. The number of benzene rings is 1. The van der Waals surface area contributed by atoms with Crippen LogP contribution >= 0.6 is 11.6 Å². The monoisotopic (exact) mass is 253 g/mol. The lowest BCUT2D eigenvalue weighted by Crippen LogP contribution is -2.25. The second-order valence-corrected chi connectivity index (χ2v) is 5.88. The third kappa shape index (κ3) is 2.48. The van der Waals surface area contributed by atoms with Crippen molar-refractivity contribution in [2.75, 3.05) is 6.54 Å². The summed E-state index contributed by atoms with van der Waals surface area (Å²) in [6.07, 6.45) is 5.54. The molecule has 0 atom stereocenters. The molecule has 2 saturated carbocycles. The first-order valence-corrected chi connectivity index (χ1v) is 6.72. The number of hydrogen-bond acceptors (Lipinski definition) is 1. The van der Waals surface area contributed by atoms with Crippen molar-refractivity contribution >= 4 is 11.6 Å². The minimum absolute atomic E-state index is 0.213. The Morgan fingerprint density at radius 2 is 2.12 bits per heavy atom. The van der Waals surface area contributed by atoms with Crippen LogP contribution in [-0.4, -0.2) is 6.54 Å². The standard InChI is InChI=1S/C14H17ClFN/c15-13-4-3-12(16)7-10(13)8-17-9-14(5-6-14)11-1-2-11/h3-4,7,11,17H,1-2,5-6,8-9H2. The molecule has 0 bridgehead atoms. The van der Waals surface area contributed by atoms with E-state index >= 15 is 0 Å². The Bertz CT molecular complexity index is 424. The molecule has 0 spiro atoms. The van der Waals surface area contributed by atoms with Gasteiger partial charge in [-0.25, -0.2) is 4.39 Å². The zero-order valence-electron chi connectivity index (χ0n) is 9.81. The Morgan fingerprint density at radius 1 is 1.35 bits per heavy atom. The molecule has 2 fully saturated rings. The molecular weight excluding hydrogens is 237 g/mol. The minimum Gasteiger partial charge on any atom is -0.312 e. The molecule has 1 N–H and O–H groups in total. The highest BCUT2D eigenvalue weighted by molar-refractivity contribution is 6.31. The summed E-state index contributed by atoms with van der Waals surface area (Å²) in [7, 11) is 0. The first kappa shape index (κ1) is 11.5. The van der Waals surface area contributed by atoms with Gasteiger partial charge in [-0.1, -0.05) is 11.6 Å². The summed E-state index contributed by atoms with van der Waals surface area (Å²) >= 11 is 6.03. The van der Waals surface area contributed by atoms with Crippen LogP contribution in [0, 0.1) is 17.2 Å². The summed E-state index contributed by atoms with van der Waals surface area (Å²) in [5, 5.41) is 4.09. The molecule has 0 heterocycles. The number of nitrogens with one attached hydrogen (secondary N) is 1. The fourth-order valence-corrected chi connectivity index (χ4v) is 2.89. The molecule has 0 radical (unpaired) electrons. The fraction of sp³-hybridized carbons (Fsp3) is 0.571. The largest absolute Gasteiger partial charge is 0.312 e. The zero-order valence-corrected chi connectivity index (χ0v) is 10.6. The van der Waals surface area contributed by atoms with Gasteiger partial charge in [0.2, 0.25) is 0 Å². The van der Waals surface area contributed by atoms with Crippen molar-refractivity contribution in [3.8, 4) is 0 Å². The predicted molar refractivity (Wildman–Crippen MR) is 67.5 cm³/mol. The smallest absolute Gasteiger partial charge is 0.123 e. The topological polar surface area (TPSA) is 12.0 Å². The molecule has 0 amide bonds. The van der Waals surface area contributed by atoms with E-state index in [0.29, 0.717) is 17.0 Å². The van der Waals surface area contributed by atoms with Crippen LogP contribution in [0.1, 0.15) is 31.2 Å². The van der Waals surface area contributed by atoms with Crippen molar-refractivity contribution in [3.63, 3.8) is 0 Å². The minimum atomic E-state index is -0.213. The van der Waals surface area contributed by atoms with Gasteiger partial charge in [-0.2, -0.15) is 0 Å². The Hall–Kier alpha value is -0.600. The lowest BCUT2D eigenvalue weighted by Gasteiger charge is -2.15. The molecule has 0 saturated heterocycles. The SMILES string of the molecule is Fc1ccc(Cl)c(CNCC2(C3CC3)CC2)c1. The van der Waals surface area contributed by atoms with E-state index < -0.39 is 0 Å². The Morgan fingerprint density at radius 3 is 2.76 bits per heavy atom. The number of hydrogen-bond donors (Lipinski definition) is 1. The van der Waals surface area contributed by atoms with E-state index in [1.54, 1.807) is 6.07 Å². The summed E-state index contributed by atoms with van der Waals surface area (Å²) in [5.74, 6) is 0.743. The molecule has 92 valence electrons. The van der Waals surface area contributed by atoms with E-state index in [4.69, 9.17) is 11.6 Å². The molecule has 1 nitrogen and oxygen atoms in total. The lowest BCUT2D eigenvalue weighted by atomic mass is 10.0. The van der Waals surface area contributed by atoms with Gasteiger partial charge >= 0.3 is 0 Å². The van der Waals surface area contributed by atoms with Crippen LogP contribution in [0.5, 0.6) is 0 Å². The highest BCUT2D eigenvalue weighted by atomic mass is 35.5. The summed E-state index contributed by atoms with van der Waals surface area (Å²) in [5.41, 5.74) is 1.44. The third-order valence-corrected chi connectivity index (χ3v) is 4.50. The Kier molecular flexibility index (Phi) is 2.87. The van der Waals surface area contributed by atoms with Crippen LogP contribution in [0.2, 0.25) is 5.02 Å². The van der Waals surface area contributed by atoms with Crippen LogP contribution in [0.3, 0.4) is 0 Å². The highest BCUT2D eigenvalue weighted by Crippen LogP contribution is 2.60. The van der Waals surface area contributed by atoms with E-state index in [1.165, 1.54) is 37.8 Å². The second-order valence-electron chi connectivity index (χ2n) is 5.48. The second kappa shape index (κ2) is 4.25. The molecule has 2 aliphatic carbocycles. The summed E-state index contributed by atoms with van der Waals surface area (Å²) in [4.78, 5) is 0. The van der Waals surface area contributed by atoms with Crippen molar-refractivity contribution in [1.29, 1.82) is 0 Å². The third-order valence-electron chi connectivity index (χ3n) is 4.14. The summed E-state index contributed by atoms with van der Waals surface area (Å²) in [6, 6.07) is 4.55. The van der Waals surface area contributed by atoms with E-state index in [0.717, 1.165) is 18.0 Å². The number of halogens is 2. The van der Waals surface area contributed by atoms with Crippen molar-refractivity contribution < 1.29 is 4.39 Å². The average Bonchev–Trinajstić information content (AvgIpc) is 3.14. The van der Waals surface area contributed by atoms with Gasteiger partial charge in [0.15, 0.2) is 0 Å². The molecule has 2 aliphatic rings. The van der Waals surface area contributed by atoms with Crippen LogP contribution in [0.25, 0.3) is 0 Å². The van der Waals surface area contributed by atoms with Gasteiger partial charge in [0.05, 0.1) is 0 Å². The molecule has 0 aliphatic heterocycles. The van der Waals surface area contributed by atoms with Gasteiger partial charge in [-0.05, 0) is 60.8 Å². The first-order valence-electron chi connectivity index (χ1n) is 6.34. The maximum absolute atomic E-state index is 13.1. The van der Waals surface area contributed by atoms with Gasteiger partial charge in [0, 0.05) is 18.1 Å². The molecule has 0 unspecified atom stereocenters. The lowest BCUT2D eigenvalue weighted by molar-refractivity contribution is 0.403. The van der Waals surface area contributed by atoms with Crippen molar-refractivity contribution in [2.24, 2.45) is 11.3 Å². The number of rotatable bonds is 5. The molecule has 3 rings (SSSR count). The van der Waals surface area contributed by atoms with E-state index in [1.807, 2.05) is 0 Å². The van der Waals surface area contributed by atoms with Crippen molar-refractivity contribution in [1.82, 2.24) is 5.32 Å². The van der Waals surface area contributed by atoms with Gasteiger partial charge in [0.25, 0.3) is 0 Å². The van der Waals surface area contributed by atoms with E-state index in [9.17, 15) is 4.39 Å². The highest BCUT2D eigenvalue weighted by Gasteiger charge is 2.53. The zero-order chi connectivity index (χ0) is 11.9. The summed E-state index contributed by atoms with van der Waals surface area (Å²) < 4.78 is 13.1. The van der Waals surface area contributed by atoms with E-state index in [-0.39, 0.29) is 5.82 Å². The van der Waals surface area contributed by atoms with Gasteiger partial charge < -0.3 is 5.32 Å². The fourth-order valence-electron chi connectivity index (χ4n) is 2.71. The summed E-state index contributed by atoms with van der Waals surface area (Å²) in [6.45, 7) is 1.73. The van der Waals surface area contributed by atoms with Gasteiger partial charge in [-0.3, -0.25) is 0 Å². The van der Waals surface area contributed by atoms with Crippen LogP contribution < -0.4 is 5.32 Å². The van der Waals surface area contributed by atoms with Crippen LogP contribution in [0.15, 0.2) is 18.2 Å². The van der Waals surface area contributed by atoms with Crippen LogP contribution in [0.4, 0.5) is 4.39 Å². The Labute approximate surface area is 106 Å². The van der Waals surface area contributed by atoms with Crippen molar-refractivity contribution in [3.05, 3.63) is 34.6 Å². The van der Waals surface area contributed by atoms with Crippen molar-refractivity contribution in [2.45, 2.75) is 32.2 Å². The predicted octanol–water partition coefficient (Wildman–Crippen LogP) is 3.76. The normalized spacial score (nSPS) is 21.5. The molecule has 1 aromatic carbocycles. The maximum atomic E-state index is 13.1. The average molecular weight is 254 g/mol. The van der Waals surface area contributed by atoms with Crippen LogP contribution in [-0.2, 0) is 6.54 Å². The quantitative estimate of drug-likeness (QED) is 0.843. The molecule has 17 heavy (non-hydrogen) atoms. The van der Waals surface area contributed by atoms with Gasteiger partial charge in [0.1, 0.15) is 5.82 Å². The maximum Gasteiger partial charge on any atom is 0.123 e. The molecule has 0 aromatic heterocycles. The Balaban J connectivity index is 1.55. The van der Waals surface area contributed by atoms with Gasteiger partial charge in [-0.15, -0.1) is 0 Å². The molecular formula is C14H17ClFN. The molecule has 1 aromatic rings. The van der Waals surface area contributed by atoms with E-state index in [2.05, 4.69) is 5.32 Å². The molecule has 3 heteroatoms.